The van der Waals surface area contributed by atoms with Crippen molar-refractivity contribution in [3.8, 4) is 0 Å². The highest BCUT2D eigenvalue weighted by atomic mass is 19.1. The molecule has 0 spiro atoms. The van der Waals surface area contributed by atoms with Gasteiger partial charge in [-0.1, -0.05) is 168 Å². The molecule has 0 amide bonds. The van der Waals surface area contributed by atoms with E-state index in [2.05, 4.69) is 13.8 Å². The zero-order valence-electron chi connectivity index (χ0n) is 25.3. The molecule has 0 aliphatic rings. The van der Waals surface area contributed by atoms with Crippen LogP contribution in [0.15, 0.2) is 30.6 Å². The van der Waals surface area contributed by atoms with Crippen molar-refractivity contribution in [2.24, 2.45) is 0 Å². The van der Waals surface area contributed by atoms with Crippen molar-refractivity contribution < 1.29 is 8.96 Å². The molecule has 0 radical (unpaired) electrons. The molecule has 37 heavy (non-hydrogen) atoms. The topological polar surface area (TPSA) is 3.88 Å². The summed E-state index contributed by atoms with van der Waals surface area (Å²) in [5.41, 5.74) is 0. The van der Waals surface area contributed by atoms with Gasteiger partial charge in [0.1, 0.15) is 0 Å². The second kappa shape index (κ2) is 25.4. The number of aromatic nitrogens is 1. The van der Waals surface area contributed by atoms with Gasteiger partial charge >= 0.3 is 5.79 Å². The van der Waals surface area contributed by atoms with Gasteiger partial charge in [0, 0.05) is 25.0 Å². The average molecular weight is 519 g/mol. The van der Waals surface area contributed by atoms with Gasteiger partial charge in [-0.05, 0) is 12.8 Å². The summed E-state index contributed by atoms with van der Waals surface area (Å²) in [6.07, 6.45) is 38.6. The number of hydrogen-bond donors (Lipinski definition) is 0. The molecule has 0 aliphatic carbocycles. The van der Waals surface area contributed by atoms with Crippen molar-refractivity contribution in [3.63, 3.8) is 0 Å². The summed E-state index contributed by atoms with van der Waals surface area (Å²) in [5, 5.41) is 0. The first-order valence-electron chi connectivity index (χ1n) is 16.9. The fraction of sp³-hybridized carbons (Fsp3) is 0.857. The van der Waals surface area contributed by atoms with E-state index in [1.54, 1.807) is 0 Å². The predicted octanol–water partition coefficient (Wildman–Crippen LogP) is 12.2. The maximum absolute atomic E-state index is 16.0. The number of unbranched alkanes of at least 4 members (excludes halogenated alkanes) is 23. The molecule has 0 aliphatic heterocycles. The van der Waals surface area contributed by atoms with E-state index in [1.165, 1.54) is 148 Å². The van der Waals surface area contributed by atoms with E-state index in [0.29, 0.717) is 12.8 Å². The molecule has 1 unspecified atom stereocenters. The highest BCUT2D eigenvalue weighted by Gasteiger charge is 2.38. The van der Waals surface area contributed by atoms with E-state index in [9.17, 15) is 0 Å². The summed E-state index contributed by atoms with van der Waals surface area (Å²) in [7, 11) is 0. The molecular weight excluding hydrogens is 453 g/mol. The quantitative estimate of drug-likeness (QED) is 0.0767. The zero-order chi connectivity index (χ0) is 26.7. The summed E-state index contributed by atoms with van der Waals surface area (Å²) in [6.45, 7) is 4.55. The van der Waals surface area contributed by atoms with Crippen LogP contribution in [0.25, 0.3) is 0 Å². The van der Waals surface area contributed by atoms with Gasteiger partial charge < -0.3 is 0 Å². The number of nitrogens with zero attached hydrogens (tertiary/aromatic N) is 1. The van der Waals surface area contributed by atoms with Crippen molar-refractivity contribution >= 4 is 0 Å². The van der Waals surface area contributed by atoms with Gasteiger partial charge in [-0.15, -0.1) is 0 Å². The summed E-state index contributed by atoms with van der Waals surface area (Å²) < 4.78 is 17.9. The minimum Gasteiger partial charge on any atom is -0.172 e. The number of hydrogen-bond acceptors (Lipinski definition) is 0. The van der Waals surface area contributed by atoms with E-state index in [4.69, 9.17) is 0 Å². The lowest BCUT2D eigenvalue weighted by Crippen LogP contribution is -2.52. The third-order valence-electron chi connectivity index (χ3n) is 8.26. The van der Waals surface area contributed by atoms with Gasteiger partial charge in [0.25, 0.3) is 0 Å². The third kappa shape index (κ3) is 19.8. The molecule has 216 valence electrons. The lowest BCUT2D eigenvalue weighted by molar-refractivity contribution is -0.795. The molecular formula is C35H65FN+. The molecule has 0 aromatic carbocycles. The molecule has 0 fully saturated rings. The Kier molecular flexibility index (Phi) is 23.4. The Morgan fingerprint density at radius 1 is 0.405 bits per heavy atom. The van der Waals surface area contributed by atoms with E-state index >= 15 is 4.39 Å². The number of rotatable bonds is 28. The predicted molar refractivity (Wildman–Crippen MR) is 162 cm³/mol. The molecule has 0 saturated heterocycles. The molecule has 1 rings (SSSR count). The Morgan fingerprint density at radius 2 is 0.676 bits per heavy atom. The third-order valence-corrected chi connectivity index (χ3v) is 8.26. The van der Waals surface area contributed by atoms with E-state index in [-0.39, 0.29) is 0 Å². The first-order chi connectivity index (χ1) is 18.2. The minimum absolute atomic E-state index is 0.661. The van der Waals surface area contributed by atoms with Gasteiger partial charge in [0.15, 0.2) is 12.4 Å². The fourth-order valence-corrected chi connectivity index (χ4v) is 5.70. The molecule has 1 aromatic rings. The van der Waals surface area contributed by atoms with Gasteiger partial charge in [-0.3, -0.25) is 0 Å². The van der Waals surface area contributed by atoms with Crippen molar-refractivity contribution in [1.29, 1.82) is 0 Å². The van der Waals surface area contributed by atoms with Crippen LogP contribution in [0, 0.1) is 0 Å². The standard InChI is InChI=1S/C35H65FN/c1-3-5-7-9-11-12-13-14-15-16-17-18-19-20-21-23-25-28-32-35(36,37-33-29-26-30-34-37)31-27-24-22-10-8-6-4-2/h26,29-30,33-34H,3-25,27-28,31-32H2,1-2H3/q+1. The average Bonchev–Trinajstić information content (AvgIpc) is 2.92. The smallest absolute Gasteiger partial charge is 0.172 e. The van der Waals surface area contributed by atoms with Crippen LogP contribution in [-0.4, -0.2) is 0 Å². The summed E-state index contributed by atoms with van der Waals surface area (Å²) in [6, 6.07) is 5.92. The Morgan fingerprint density at radius 3 is 0.973 bits per heavy atom. The van der Waals surface area contributed by atoms with E-state index in [0.717, 1.165) is 12.8 Å². The van der Waals surface area contributed by atoms with Gasteiger partial charge in [-0.25, -0.2) is 0 Å². The zero-order valence-corrected chi connectivity index (χ0v) is 25.3. The normalized spacial score (nSPS) is 13.2. The van der Waals surface area contributed by atoms with Crippen molar-refractivity contribution in [1.82, 2.24) is 0 Å². The number of pyridine rings is 1. The van der Waals surface area contributed by atoms with Crippen molar-refractivity contribution in [3.05, 3.63) is 30.6 Å². The molecule has 0 N–H and O–H groups in total. The largest absolute Gasteiger partial charge is 0.308 e. The monoisotopic (exact) mass is 519 g/mol. The van der Waals surface area contributed by atoms with Crippen molar-refractivity contribution in [2.75, 3.05) is 0 Å². The van der Waals surface area contributed by atoms with Crippen molar-refractivity contribution in [2.45, 2.75) is 193 Å². The van der Waals surface area contributed by atoms with E-state index in [1.807, 2.05) is 35.2 Å². The SMILES string of the molecule is CCCCCCCCCCCCCCCCCCCCC(F)(CCCCCCCCC)[n+]1ccccc1. The molecule has 0 saturated carbocycles. The Labute approximate surface area is 232 Å². The Bertz CT molecular complexity index is 574. The first-order valence-corrected chi connectivity index (χ1v) is 16.9. The molecule has 2 heteroatoms. The second-order valence-electron chi connectivity index (χ2n) is 11.8. The van der Waals surface area contributed by atoms with Gasteiger partial charge in [-0.2, -0.15) is 8.96 Å². The molecule has 1 aromatic heterocycles. The van der Waals surface area contributed by atoms with Crippen LogP contribution in [0.4, 0.5) is 4.39 Å². The van der Waals surface area contributed by atoms with E-state index < -0.39 is 5.79 Å². The Hall–Kier alpha value is -0.920. The number of alkyl halides is 1. The van der Waals surface area contributed by atoms with Gasteiger partial charge in [0.05, 0.1) is 0 Å². The molecule has 1 atom stereocenters. The molecule has 0 bridgehead atoms. The fourth-order valence-electron chi connectivity index (χ4n) is 5.70. The first kappa shape index (κ1) is 34.1. The van der Waals surface area contributed by atoms with Crippen LogP contribution < -0.4 is 4.57 Å². The second-order valence-corrected chi connectivity index (χ2v) is 11.8. The van der Waals surface area contributed by atoms with Crippen LogP contribution in [-0.2, 0) is 5.79 Å². The highest BCUT2D eigenvalue weighted by molar-refractivity contribution is 4.84. The molecule has 1 nitrogen and oxygen atoms in total. The summed E-state index contributed by atoms with van der Waals surface area (Å²) in [5.74, 6) is -1.21. The maximum atomic E-state index is 16.0. The highest BCUT2D eigenvalue weighted by Crippen LogP contribution is 2.27. The number of halogens is 1. The summed E-state index contributed by atoms with van der Waals surface area (Å²) >= 11 is 0. The minimum atomic E-state index is -1.21. The lowest BCUT2D eigenvalue weighted by atomic mass is 9.97. The maximum Gasteiger partial charge on any atom is 0.308 e. The Balaban J connectivity index is 2.02. The van der Waals surface area contributed by atoms with Crippen LogP contribution in [0.5, 0.6) is 0 Å². The van der Waals surface area contributed by atoms with Crippen LogP contribution in [0.2, 0.25) is 0 Å². The molecule has 1 heterocycles. The summed E-state index contributed by atoms with van der Waals surface area (Å²) in [4.78, 5) is 0. The van der Waals surface area contributed by atoms with Crippen LogP contribution in [0.3, 0.4) is 0 Å². The van der Waals surface area contributed by atoms with Crippen LogP contribution in [0.1, 0.15) is 187 Å². The van der Waals surface area contributed by atoms with Gasteiger partial charge in [0.2, 0.25) is 0 Å². The lowest BCUT2D eigenvalue weighted by Gasteiger charge is -2.20. The van der Waals surface area contributed by atoms with Crippen LogP contribution >= 0.6 is 0 Å².